The molecular weight excluding hydrogens is 265 g/mol. The van der Waals surface area contributed by atoms with Crippen molar-refractivity contribution in [3.05, 3.63) is 41.5 Å². The van der Waals surface area contributed by atoms with Crippen LogP contribution < -0.4 is 10.6 Å². The third-order valence-electron chi connectivity index (χ3n) is 3.09. The minimum Gasteiger partial charge on any atom is -0.465 e. The molecule has 0 radical (unpaired) electrons. The summed E-state index contributed by atoms with van der Waals surface area (Å²) < 4.78 is 14.6. The van der Waals surface area contributed by atoms with Gasteiger partial charge in [-0.2, -0.15) is 4.98 Å². The molecule has 2 heterocycles. The van der Waals surface area contributed by atoms with Crippen LogP contribution in [0, 0.1) is 5.82 Å². The molecule has 0 aliphatic carbocycles. The summed E-state index contributed by atoms with van der Waals surface area (Å²) in [5.41, 5.74) is 0.881. The van der Waals surface area contributed by atoms with Crippen LogP contribution >= 0.6 is 0 Å². The number of hydrogen-bond donors (Lipinski definition) is 3. The van der Waals surface area contributed by atoms with Gasteiger partial charge in [-0.15, -0.1) is 5.10 Å². The first-order valence-corrected chi connectivity index (χ1v) is 6.05. The van der Waals surface area contributed by atoms with Crippen LogP contribution in [0.3, 0.4) is 0 Å². The highest BCUT2D eigenvalue weighted by molar-refractivity contribution is 5.80. The predicted octanol–water partition coefficient (Wildman–Crippen LogP) is 1.20. The third-order valence-corrected chi connectivity index (χ3v) is 3.09. The van der Waals surface area contributed by atoms with Crippen LogP contribution in [0.15, 0.2) is 24.3 Å². The lowest BCUT2D eigenvalue weighted by atomic mass is 10.1. The molecule has 8 heteroatoms. The van der Waals surface area contributed by atoms with Gasteiger partial charge in [0.2, 0.25) is 0 Å². The number of aromatic nitrogens is 3. The fourth-order valence-electron chi connectivity index (χ4n) is 2.23. The standard InChI is InChI=1S/C12H12FN5O2/c13-8-3-1-7(2-4-8)9-5-14-6-10-15-11(16-12(19)20)17-18(9)10/h1-4,9,14H,5-6H2,(H,16,17)(H,19,20). The Morgan fingerprint density at radius 2 is 2.20 bits per heavy atom. The van der Waals surface area contributed by atoms with Gasteiger partial charge in [-0.3, -0.25) is 5.32 Å². The molecule has 1 aromatic carbocycles. The molecule has 2 aromatic rings. The number of carbonyl (C=O) groups is 1. The Morgan fingerprint density at radius 3 is 2.90 bits per heavy atom. The molecule has 20 heavy (non-hydrogen) atoms. The van der Waals surface area contributed by atoms with E-state index in [1.54, 1.807) is 16.8 Å². The molecule has 0 fully saturated rings. The Kier molecular flexibility index (Phi) is 3.07. The van der Waals surface area contributed by atoms with Gasteiger partial charge in [0, 0.05) is 6.54 Å². The number of fused-ring (bicyclic) bond motifs is 1. The molecule has 0 saturated carbocycles. The van der Waals surface area contributed by atoms with Gasteiger partial charge in [0.25, 0.3) is 5.95 Å². The Hall–Kier alpha value is -2.48. The summed E-state index contributed by atoms with van der Waals surface area (Å²) >= 11 is 0. The minimum atomic E-state index is -1.21. The lowest BCUT2D eigenvalue weighted by Gasteiger charge is -2.24. The van der Waals surface area contributed by atoms with E-state index in [0.29, 0.717) is 18.9 Å². The zero-order chi connectivity index (χ0) is 14.1. The van der Waals surface area contributed by atoms with Crippen molar-refractivity contribution < 1.29 is 14.3 Å². The van der Waals surface area contributed by atoms with E-state index in [1.165, 1.54) is 12.1 Å². The van der Waals surface area contributed by atoms with Gasteiger partial charge in [0.1, 0.15) is 11.6 Å². The quantitative estimate of drug-likeness (QED) is 0.767. The van der Waals surface area contributed by atoms with Gasteiger partial charge in [-0.1, -0.05) is 12.1 Å². The lowest BCUT2D eigenvalue weighted by Crippen LogP contribution is -2.34. The van der Waals surface area contributed by atoms with Crippen LogP contribution in [0.4, 0.5) is 15.1 Å². The molecule has 1 aromatic heterocycles. The maximum atomic E-state index is 13.0. The molecular formula is C12H12FN5O2. The molecule has 1 amide bonds. The van der Waals surface area contributed by atoms with E-state index in [-0.39, 0.29) is 17.8 Å². The molecule has 3 rings (SSSR count). The van der Waals surface area contributed by atoms with Crippen LogP contribution in [0.5, 0.6) is 0 Å². The maximum Gasteiger partial charge on any atom is 0.411 e. The first-order chi connectivity index (χ1) is 9.63. The molecule has 0 spiro atoms. The van der Waals surface area contributed by atoms with Crippen molar-refractivity contribution in [1.82, 2.24) is 20.1 Å². The number of rotatable bonds is 2. The highest BCUT2D eigenvalue weighted by atomic mass is 19.1. The second-order valence-electron chi connectivity index (χ2n) is 4.42. The Balaban J connectivity index is 1.94. The lowest BCUT2D eigenvalue weighted by molar-refractivity contribution is 0.209. The van der Waals surface area contributed by atoms with Crippen molar-refractivity contribution in [1.29, 1.82) is 0 Å². The van der Waals surface area contributed by atoms with Crippen LogP contribution in [-0.4, -0.2) is 32.5 Å². The first-order valence-electron chi connectivity index (χ1n) is 6.05. The highest BCUT2D eigenvalue weighted by Crippen LogP contribution is 2.23. The van der Waals surface area contributed by atoms with Crippen LogP contribution in [0.2, 0.25) is 0 Å². The Bertz CT molecular complexity index is 640. The highest BCUT2D eigenvalue weighted by Gasteiger charge is 2.24. The average molecular weight is 277 g/mol. The summed E-state index contributed by atoms with van der Waals surface area (Å²) in [5.74, 6) is 0.377. The summed E-state index contributed by atoms with van der Waals surface area (Å²) in [5, 5.41) is 18.1. The van der Waals surface area contributed by atoms with Gasteiger partial charge < -0.3 is 10.4 Å². The van der Waals surface area contributed by atoms with Crippen molar-refractivity contribution in [2.75, 3.05) is 11.9 Å². The SMILES string of the molecule is O=C(O)Nc1nc2n(n1)C(c1ccc(F)cc1)CNC2. The second-order valence-corrected chi connectivity index (χ2v) is 4.42. The molecule has 3 N–H and O–H groups in total. The van der Waals surface area contributed by atoms with Gasteiger partial charge in [0.15, 0.2) is 0 Å². The van der Waals surface area contributed by atoms with Crippen molar-refractivity contribution >= 4 is 12.0 Å². The summed E-state index contributed by atoms with van der Waals surface area (Å²) in [6, 6.07) is 6.00. The molecule has 1 aliphatic heterocycles. The average Bonchev–Trinajstić information content (AvgIpc) is 2.80. The predicted molar refractivity (Wildman–Crippen MR) is 67.9 cm³/mol. The molecule has 104 valence electrons. The summed E-state index contributed by atoms with van der Waals surface area (Å²) in [7, 11) is 0. The summed E-state index contributed by atoms with van der Waals surface area (Å²) in [6.07, 6.45) is -1.21. The van der Waals surface area contributed by atoms with E-state index in [4.69, 9.17) is 5.11 Å². The topological polar surface area (TPSA) is 92.1 Å². The third kappa shape index (κ3) is 2.32. The number of benzene rings is 1. The molecule has 1 atom stereocenters. The summed E-state index contributed by atoms with van der Waals surface area (Å²) in [4.78, 5) is 14.7. The maximum absolute atomic E-state index is 13.0. The zero-order valence-electron chi connectivity index (χ0n) is 10.4. The fourth-order valence-corrected chi connectivity index (χ4v) is 2.23. The Morgan fingerprint density at radius 1 is 1.45 bits per heavy atom. The van der Waals surface area contributed by atoms with Crippen molar-refractivity contribution in [2.45, 2.75) is 12.6 Å². The van der Waals surface area contributed by atoms with Crippen molar-refractivity contribution in [2.24, 2.45) is 0 Å². The zero-order valence-corrected chi connectivity index (χ0v) is 10.4. The number of amides is 1. The number of nitrogens with zero attached hydrogens (tertiary/aromatic N) is 3. The number of hydrogen-bond acceptors (Lipinski definition) is 4. The summed E-state index contributed by atoms with van der Waals surface area (Å²) in [6.45, 7) is 1.13. The molecule has 0 saturated heterocycles. The van der Waals surface area contributed by atoms with Gasteiger partial charge in [-0.25, -0.2) is 13.9 Å². The normalized spacial score (nSPS) is 17.6. The minimum absolute atomic E-state index is 0.0447. The molecule has 0 bridgehead atoms. The molecule has 7 nitrogen and oxygen atoms in total. The van der Waals surface area contributed by atoms with Crippen molar-refractivity contribution in [3.8, 4) is 0 Å². The second kappa shape index (κ2) is 4.89. The van der Waals surface area contributed by atoms with E-state index in [9.17, 15) is 9.18 Å². The van der Waals surface area contributed by atoms with E-state index in [2.05, 4.69) is 20.7 Å². The largest absolute Gasteiger partial charge is 0.465 e. The monoisotopic (exact) mass is 277 g/mol. The van der Waals surface area contributed by atoms with E-state index in [0.717, 1.165) is 5.56 Å². The molecule has 1 unspecified atom stereocenters. The van der Waals surface area contributed by atoms with E-state index in [1.807, 2.05) is 0 Å². The van der Waals surface area contributed by atoms with E-state index >= 15 is 0 Å². The Labute approximate surface area is 113 Å². The number of anilines is 1. The fraction of sp³-hybridized carbons (Fsp3) is 0.250. The number of halogens is 1. The van der Waals surface area contributed by atoms with Gasteiger partial charge in [-0.05, 0) is 17.7 Å². The number of nitrogens with one attached hydrogen (secondary N) is 2. The van der Waals surface area contributed by atoms with Crippen LogP contribution in [0.25, 0.3) is 0 Å². The van der Waals surface area contributed by atoms with E-state index < -0.39 is 6.09 Å². The van der Waals surface area contributed by atoms with Crippen molar-refractivity contribution in [3.63, 3.8) is 0 Å². The number of carboxylic acid groups (broad SMARTS) is 1. The van der Waals surface area contributed by atoms with Gasteiger partial charge >= 0.3 is 6.09 Å². The smallest absolute Gasteiger partial charge is 0.411 e. The van der Waals surface area contributed by atoms with Crippen LogP contribution in [0.1, 0.15) is 17.4 Å². The van der Waals surface area contributed by atoms with Crippen LogP contribution in [-0.2, 0) is 6.54 Å². The first kappa shape index (κ1) is 12.5. The molecule has 1 aliphatic rings. The van der Waals surface area contributed by atoms with Gasteiger partial charge in [0.05, 0.1) is 12.6 Å².